The summed E-state index contributed by atoms with van der Waals surface area (Å²) in [5.74, 6) is -1.54. The first-order valence-electron chi connectivity index (χ1n) is 18.5. The molecule has 2 aromatic carbocycles. The number of aliphatic hydroxyl groups excluding tert-OH is 1. The number of aliphatic hydroxyl groups is 1. The predicted octanol–water partition coefficient (Wildman–Crippen LogP) is 5.24. The SMILES string of the molecule is CC(O)C1COc2c(Cl)c(-c3ccc(F)c4sc(N)c(C#N)c34)c(F)c3nc(OC[C@@]45CCCN4C[C@H](F)C5)nc(c23)N1CC1CN(C(=O)[C@@H](N)C(C)C)C1. The first kappa shape index (κ1) is 37.8. The minimum Gasteiger partial charge on any atom is -0.489 e. The molecule has 3 saturated heterocycles. The van der Waals surface area contributed by atoms with E-state index in [0.717, 1.165) is 36.8 Å². The van der Waals surface area contributed by atoms with E-state index in [1.807, 2.05) is 24.8 Å². The highest BCUT2D eigenvalue weighted by Crippen LogP contribution is 2.51. The Morgan fingerprint density at radius 3 is 2.71 bits per heavy atom. The van der Waals surface area contributed by atoms with Crippen LogP contribution in [0.15, 0.2) is 12.1 Å². The number of halogens is 4. The third-order valence-corrected chi connectivity index (χ3v) is 13.1. The Kier molecular flexibility index (Phi) is 9.69. The van der Waals surface area contributed by atoms with Crippen molar-refractivity contribution in [3.8, 4) is 29.0 Å². The molecule has 1 amide bonds. The number of aromatic nitrogens is 2. The van der Waals surface area contributed by atoms with E-state index in [4.69, 9.17) is 37.5 Å². The molecule has 292 valence electrons. The number of rotatable bonds is 9. The fourth-order valence-corrected chi connectivity index (χ4v) is 10.00. The molecule has 0 aliphatic carbocycles. The van der Waals surface area contributed by atoms with Gasteiger partial charge in [0, 0.05) is 49.5 Å². The van der Waals surface area contributed by atoms with Crippen LogP contribution in [0, 0.1) is 34.8 Å². The van der Waals surface area contributed by atoms with Crippen molar-refractivity contribution < 1.29 is 32.5 Å². The molecule has 17 heteroatoms. The normalized spacial score (nSPS) is 23.8. The van der Waals surface area contributed by atoms with E-state index < -0.39 is 41.5 Å². The highest BCUT2D eigenvalue weighted by Gasteiger charge is 2.50. The van der Waals surface area contributed by atoms with E-state index in [-0.39, 0.29) is 96.2 Å². The molecule has 4 aromatic rings. The number of carbonyl (C=O) groups is 1. The number of nitriles is 1. The molecular formula is C38H42ClF3N8O4S. The molecule has 0 saturated carbocycles. The lowest BCUT2D eigenvalue weighted by Crippen LogP contribution is -2.60. The average Bonchev–Trinajstić information content (AvgIpc) is 3.74. The monoisotopic (exact) mass is 798 g/mol. The van der Waals surface area contributed by atoms with Crippen molar-refractivity contribution in [3.63, 3.8) is 0 Å². The second-order valence-electron chi connectivity index (χ2n) is 15.7. The van der Waals surface area contributed by atoms with Gasteiger partial charge in [-0.2, -0.15) is 15.2 Å². The number of anilines is 2. The number of ether oxygens (including phenoxy) is 2. The number of nitrogens with two attached hydrogens (primary N) is 2. The van der Waals surface area contributed by atoms with Crippen LogP contribution in [-0.2, 0) is 4.79 Å². The third-order valence-electron chi connectivity index (χ3n) is 11.7. The Hall–Kier alpha value is -4.14. The van der Waals surface area contributed by atoms with E-state index in [1.165, 1.54) is 6.07 Å². The van der Waals surface area contributed by atoms with Crippen LogP contribution in [0.25, 0.3) is 32.1 Å². The molecule has 55 heavy (non-hydrogen) atoms. The number of carbonyl (C=O) groups excluding carboxylic acids is 1. The van der Waals surface area contributed by atoms with Crippen LogP contribution in [0.4, 0.5) is 24.0 Å². The van der Waals surface area contributed by atoms with Crippen molar-refractivity contribution in [2.24, 2.45) is 17.6 Å². The van der Waals surface area contributed by atoms with Gasteiger partial charge in [0.05, 0.1) is 44.4 Å². The third kappa shape index (κ3) is 6.19. The number of nitrogens with zero attached hydrogens (tertiary/aromatic N) is 6. The van der Waals surface area contributed by atoms with Gasteiger partial charge in [0.15, 0.2) is 11.6 Å². The molecule has 0 spiro atoms. The summed E-state index contributed by atoms with van der Waals surface area (Å²) in [4.78, 5) is 28.1. The van der Waals surface area contributed by atoms with Crippen LogP contribution in [-0.4, -0.2) is 107 Å². The zero-order chi connectivity index (χ0) is 39.1. The van der Waals surface area contributed by atoms with Gasteiger partial charge in [-0.1, -0.05) is 31.5 Å². The highest BCUT2D eigenvalue weighted by molar-refractivity contribution is 7.23. The topological polar surface area (TPSA) is 167 Å². The Morgan fingerprint density at radius 2 is 2.00 bits per heavy atom. The van der Waals surface area contributed by atoms with Crippen molar-refractivity contribution in [1.29, 1.82) is 5.26 Å². The number of amides is 1. The maximum absolute atomic E-state index is 17.5. The average molecular weight is 799 g/mol. The quantitative estimate of drug-likeness (QED) is 0.203. The van der Waals surface area contributed by atoms with Crippen molar-refractivity contribution >= 4 is 60.7 Å². The minimum atomic E-state index is -1.00. The summed E-state index contributed by atoms with van der Waals surface area (Å²) >= 11 is 7.98. The lowest BCUT2D eigenvalue weighted by molar-refractivity contribution is -0.139. The second kappa shape index (κ2) is 14.1. The largest absolute Gasteiger partial charge is 0.489 e. The van der Waals surface area contributed by atoms with Gasteiger partial charge >= 0.3 is 6.01 Å². The Bertz CT molecular complexity index is 2250. The van der Waals surface area contributed by atoms with E-state index in [1.54, 1.807) is 11.8 Å². The summed E-state index contributed by atoms with van der Waals surface area (Å²) in [7, 11) is 0. The zero-order valence-electron chi connectivity index (χ0n) is 30.6. The number of likely N-dealkylation sites (tertiary alicyclic amines) is 1. The molecule has 4 aliphatic rings. The molecule has 5 atom stereocenters. The van der Waals surface area contributed by atoms with Gasteiger partial charge in [0.1, 0.15) is 47.6 Å². The van der Waals surface area contributed by atoms with Crippen LogP contribution in [0.2, 0.25) is 5.02 Å². The second-order valence-corrected chi connectivity index (χ2v) is 17.1. The van der Waals surface area contributed by atoms with Gasteiger partial charge in [-0.05, 0) is 43.9 Å². The highest BCUT2D eigenvalue weighted by atomic mass is 35.5. The number of fused-ring (bicyclic) bond motifs is 2. The number of hydrogen-bond acceptors (Lipinski definition) is 12. The summed E-state index contributed by atoms with van der Waals surface area (Å²) in [6.07, 6.45) is -0.0872. The number of alkyl halides is 1. The standard InChI is InChI=1S/C38H42ClF3N8O4S/c1-17(2)30(44)36(52)48-11-19(12-48)13-50-24(18(3)51)15-53-32-27-31(46-37(47-35(27)50)54-16-38-7-4-8-49(38)14-20(40)9-38)29(42)26(28(32)39)21-5-6-23(41)33-25(21)22(10-43)34(45)55-33/h5-6,17-20,24,30,51H,4,7-9,11-16,44-45H2,1-3H3/t18?,20-,24?,30+,38+/m1/s1. The smallest absolute Gasteiger partial charge is 0.319 e. The van der Waals surface area contributed by atoms with Crippen molar-refractivity contribution in [2.45, 2.75) is 69.9 Å². The number of benzene rings is 2. The van der Waals surface area contributed by atoms with Crippen LogP contribution < -0.4 is 25.8 Å². The lowest BCUT2D eigenvalue weighted by atomic mass is 9.94. The zero-order valence-corrected chi connectivity index (χ0v) is 32.2. The first-order chi connectivity index (χ1) is 26.2. The minimum absolute atomic E-state index is 0.0185. The van der Waals surface area contributed by atoms with Gasteiger partial charge in [-0.3, -0.25) is 9.69 Å². The van der Waals surface area contributed by atoms with E-state index >= 15 is 8.78 Å². The number of hydrogen-bond donors (Lipinski definition) is 3. The summed E-state index contributed by atoms with van der Waals surface area (Å²) in [5.41, 5.74) is 11.4. The van der Waals surface area contributed by atoms with Crippen LogP contribution in [0.3, 0.4) is 0 Å². The van der Waals surface area contributed by atoms with Gasteiger partial charge in [0.25, 0.3) is 0 Å². The lowest BCUT2D eigenvalue weighted by Gasteiger charge is -2.44. The van der Waals surface area contributed by atoms with Crippen LogP contribution in [0.5, 0.6) is 11.8 Å². The molecule has 8 rings (SSSR count). The molecule has 12 nitrogen and oxygen atoms in total. The van der Waals surface area contributed by atoms with Gasteiger partial charge in [-0.15, -0.1) is 11.3 Å². The summed E-state index contributed by atoms with van der Waals surface area (Å²) in [6.45, 7) is 7.53. The van der Waals surface area contributed by atoms with Crippen LogP contribution in [0.1, 0.15) is 45.6 Å². The molecule has 0 bridgehead atoms. The first-order valence-corrected chi connectivity index (χ1v) is 19.7. The molecule has 2 aromatic heterocycles. The molecule has 4 aliphatic heterocycles. The van der Waals surface area contributed by atoms with Crippen molar-refractivity contribution in [1.82, 2.24) is 19.8 Å². The fourth-order valence-electron chi connectivity index (χ4n) is 8.71. The van der Waals surface area contributed by atoms with E-state index in [0.29, 0.717) is 32.6 Å². The molecular weight excluding hydrogens is 757 g/mol. The Morgan fingerprint density at radius 1 is 1.24 bits per heavy atom. The van der Waals surface area contributed by atoms with E-state index in [9.17, 15) is 19.6 Å². The van der Waals surface area contributed by atoms with Crippen molar-refractivity contribution in [3.05, 3.63) is 34.4 Å². The molecule has 3 fully saturated rings. The molecule has 2 unspecified atom stereocenters. The maximum atomic E-state index is 17.5. The van der Waals surface area contributed by atoms with Gasteiger partial charge < -0.3 is 35.8 Å². The maximum Gasteiger partial charge on any atom is 0.319 e. The number of thiophene rings is 1. The van der Waals surface area contributed by atoms with Gasteiger partial charge in [0.2, 0.25) is 5.91 Å². The van der Waals surface area contributed by atoms with Crippen LogP contribution >= 0.6 is 22.9 Å². The van der Waals surface area contributed by atoms with Gasteiger partial charge in [-0.25, -0.2) is 13.2 Å². The number of nitrogen functional groups attached to an aromatic ring is 1. The summed E-state index contributed by atoms with van der Waals surface area (Å²) < 4.78 is 60.0. The molecule has 5 N–H and O–H groups in total. The summed E-state index contributed by atoms with van der Waals surface area (Å²) in [5, 5.41) is 21.3. The Labute approximate surface area is 324 Å². The van der Waals surface area contributed by atoms with E-state index in [2.05, 4.69) is 9.88 Å². The Balaban J connectivity index is 1.28. The summed E-state index contributed by atoms with van der Waals surface area (Å²) in [6, 6.07) is 3.00. The predicted molar refractivity (Wildman–Crippen MR) is 204 cm³/mol. The molecule has 6 heterocycles. The van der Waals surface area contributed by atoms with Crippen molar-refractivity contribution in [2.75, 3.05) is 56.6 Å². The molecule has 0 radical (unpaired) electrons. The fraction of sp³-hybridized carbons (Fsp3) is 0.526.